The van der Waals surface area contributed by atoms with E-state index >= 15 is 0 Å². The van der Waals surface area contributed by atoms with Gasteiger partial charge in [-0.3, -0.25) is 14.4 Å². The third-order valence-electron chi connectivity index (χ3n) is 19.1. The fourth-order valence-corrected chi connectivity index (χ4v) is 13.0. The molecular formula is C70H112O26. The molecule has 1 aromatic carbocycles. The van der Waals surface area contributed by atoms with Crippen LogP contribution in [-0.4, -0.2) is 231 Å². The van der Waals surface area contributed by atoms with Crippen LogP contribution in [0.2, 0.25) is 0 Å². The van der Waals surface area contributed by atoms with Crippen LogP contribution < -0.4 is 0 Å². The maximum atomic E-state index is 14.6. The number of rotatable bonds is 26. The summed E-state index contributed by atoms with van der Waals surface area (Å²) in [5.41, 5.74) is 0.638. The number of carbonyl (C=O) groups is 4. The highest BCUT2D eigenvalue weighted by atomic mass is 16.8. The van der Waals surface area contributed by atoms with Gasteiger partial charge in [-0.05, 0) is 71.4 Å². The molecule has 2 bridgehead atoms. The summed E-state index contributed by atoms with van der Waals surface area (Å²) < 4.78 is 89.6. The molecule has 26 nitrogen and oxygen atoms in total. The molecule has 0 saturated carbocycles. The Morgan fingerprint density at radius 3 is 1.82 bits per heavy atom. The summed E-state index contributed by atoms with van der Waals surface area (Å²) in [5, 5.41) is 92.1. The fourth-order valence-electron chi connectivity index (χ4n) is 13.0. The molecule has 6 aliphatic rings. The highest BCUT2D eigenvalue weighted by molar-refractivity contribution is 5.87. The van der Waals surface area contributed by atoms with Crippen molar-refractivity contribution in [1.82, 2.24) is 0 Å². The molecule has 0 aliphatic carbocycles. The normalized spacial score (nSPS) is 38.8. The zero-order valence-electron chi connectivity index (χ0n) is 57.3. The molecule has 0 aromatic heterocycles. The highest BCUT2D eigenvalue weighted by Crippen LogP contribution is 2.40. The van der Waals surface area contributed by atoms with E-state index < -0.39 is 190 Å². The van der Waals surface area contributed by atoms with Crippen LogP contribution >= 0.6 is 0 Å². The number of esters is 4. The van der Waals surface area contributed by atoms with Crippen molar-refractivity contribution in [2.24, 2.45) is 5.92 Å². The SMILES string of the molecule is CCCCCCCCCC(=O)O[C@H]1[C@H](O[C@@H]2[C@H]3OC(=O)CCCCCCCCC[C@H](CCCCC)O[C@@H]4O[C@H](CO)[C@@H](O)[C@H](O)[C@H]4O[C@H](O[C@H]2C)[C@@H]3O)O[C@@H](C)[C@H](O[C@@H]2O[C@@H](C)[C@H](OC(=O)C(C)CC)[C@@H](O)[C@H]2OC(=O)/C=C/c2ccccc2)[C@H]1O[C@H]1O[C@H](C)[C@@H](O)[C@H](O)[C@@H]1O. The lowest BCUT2D eigenvalue weighted by Crippen LogP contribution is -2.68. The summed E-state index contributed by atoms with van der Waals surface area (Å²) in [5.74, 6) is -3.73. The van der Waals surface area contributed by atoms with Crippen molar-refractivity contribution in [2.45, 2.75) is 356 Å². The topological polar surface area (TPSA) is 359 Å². The standard InChI is InChI=1S/C70H112O26/c1-9-12-14-15-17-21-29-35-48(73)91-64-63(96-66-54(79)52(77)50(75)40(5)83-66)59(94-68-62(90-49(74)37-36-44-30-25-23-26-31-44)55(80)57(41(6)85-68)92-65(82)39(4)11-3)43(8)86-70(64)93-58-42(7)84-67-56(81)60(58)89-47(72)34-28-22-19-16-18-20-27-33-45(32-24-13-10-2)87-69-61(95-67)53(78)51(76)46(38-71)88-69/h23,25-26,30-31,36-37,39-43,45-46,50-64,66-71,75-81H,9-22,24,27-29,32-35,38H2,1-8H3/b37-36+/t39?,40-,41+,42+,43+,45+,46-,50-,51-,52+,53+,54+,55-,56-,57+,58+,59+,60+,61-,62-,63-,64-,66-,67+,68+,69-,70+/m1/s1. The van der Waals surface area contributed by atoms with Gasteiger partial charge in [-0.25, -0.2) is 4.79 Å². The molecule has 8 N–H and O–H groups in total. The van der Waals surface area contributed by atoms with Gasteiger partial charge in [0.15, 0.2) is 55.9 Å². The molecule has 6 aliphatic heterocycles. The summed E-state index contributed by atoms with van der Waals surface area (Å²) in [6, 6.07) is 8.83. The molecule has 96 heavy (non-hydrogen) atoms. The minimum Gasteiger partial charge on any atom is -0.456 e. The lowest BCUT2D eigenvalue weighted by atomic mass is 9.95. The summed E-state index contributed by atoms with van der Waals surface area (Å²) in [6.07, 6.45) is -22.5. The van der Waals surface area contributed by atoms with Crippen molar-refractivity contribution < 1.29 is 126 Å². The number of fused-ring (bicyclic) bond motifs is 3. The van der Waals surface area contributed by atoms with E-state index in [4.69, 9.17) is 66.3 Å². The van der Waals surface area contributed by atoms with E-state index in [1.54, 1.807) is 44.2 Å². The van der Waals surface area contributed by atoms with Gasteiger partial charge in [0.1, 0.15) is 73.2 Å². The second-order valence-corrected chi connectivity index (χ2v) is 26.8. The number of hydrogen-bond acceptors (Lipinski definition) is 26. The summed E-state index contributed by atoms with van der Waals surface area (Å²) >= 11 is 0. The van der Waals surface area contributed by atoms with E-state index in [1.165, 1.54) is 33.8 Å². The summed E-state index contributed by atoms with van der Waals surface area (Å²) in [7, 11) is 0. The largest absolute Gasteiger partial charge is 0.456 e. The lowest BCUT2D eigenvalue weighted by molar-refractivity contribution is -0.400. The number of hydrogen-bond donors (Lipinski definition) is 8. The second kappa shape index (κ2) is 39.9. The monoisotopic (exact) mass is 1370 g/mol. The van der Waals surface area contributed by atoms with Gasteiger partial charge in [0.2, 0.25) is 0 Å². The smallest absolute Gasteiger partial charge is 0.331 e. The average Bonchev–Trinajstić information content (AvgIpc) is 0.769. The van der Waals surface area contributed by atoms with Crippen molar-refractivity contribution >= 4 is 30.0 Å². The van der Waals surface area contributed by atoms with Gasteiger partial charge < -0.3 is 107 Å². The number of aliphatic hydroxyl groups excluding tert-OH is 8. The van der Waals surface area contributed by atoms with E-state index in [0.717, 1.165) is 89.5 Å². The zero-order chi connectivity index (χ0) is 69.6. The molecule has 7 rings (SSSR count). The number of benzene rings is 1. The molecule has 6 saturated heterocycles. The Bertz CT molecular complexity index is 2480. The molecule has 26 heteroatoms. The van der Waals surface area contributed by atoms with Gasteiger partial charge in [0, 0.05) is 18.9 Å². The van der Waals surface area contributed by atoms with E-state index in [1.807, 2.05) is 0 Å². The summed E-state index contributed by atoms with van der Waals surface area (Å²) in [6.45, 7) is 12.9. The minimum atomic E-state index is -1.96. The first kappa shape index (κ1) is 79.4. The maximum Gasteiger partial charge on any atom is 0.331 e. The Labute approximate surface area is 565 Å². The minimum absolute atomic E-state index is 0.0688. The molecule has 0 spiro atoms. The van der Waals surface area contributed by atoms with Crippen LogP contribution in [0.5, 0.6) is 0 Å². The Hall–Kier alpha value is -3.88. The number of unbranched alkanes of at least 4 members (excludes halogenated alkanes) is 8. The van der Waals surface area contributed by atoms with E-state index in [2.05, 4.69) is 13.8 Å². The Morgan fingerprint density at radius 1 is 0.531 bits per heavy atom. The van der Waals surface area contributed by atoms with Crippen LogP contribution in [0.1, 0.15) is 202 Å². The first-order valence-electron chi connectivity index (χ1n) is 35.5. The van der Waals surface area contributed by atoms with Crippen LogP contribution in [0.4, 0.5) is 0 Å². The number of ether oxygens (including phenoxy) is 14. The Morgan fingerprint density at radius 2 is 1.14 bits per heavy atom. The van der Waals surface area contributed by atoms with Gasteiger partial charge in [-0.2, -0.15) is 0 Å². The van der Waals surface area contributed by atoms with Crippen LogP contribution in [0.25, 0.3) is 6.08 Å². The van der Waals surface area contributed by atoms with Gasteiger partial charge in [0.25, 0.3) is 0 Å². The predicted molar refractivity (Wildman–Crippen MR) is 342 cm³/mol. The van der Waals surface area contributed by atoms with Gasteiger partial charge in [-0.15, -0.1) is 0 Å². The molecule has 0 radical (unpaired) electrons. The van der Waals surface area contributed by atoms with Crippen LogP contribution in [0.3, 0.4) is 0 Å². The van der Waals surface area contributed by atoms with E-state index in [-0.39, 0.29) is 18.9 Å². The van der Waals surface area contributed by atoms with Gasteiger partial charge in [0.05, 0.1) is 43.0 Å². The quantitative estimate of drug-likeness (QED) is 0.0235. The predicted octanol–water partition coefficient (Wildman–Crippen LogP) is 5.79. The average molecular weight is 1370 g/mol. The van der Waals surface area contributed by atoms with Crippen molar-refractivity contribution in [3.63, 3.8) is 0 Å². The lowest BCUT2D eigenvalue weighted by Gasteiger charge is -2.51. The molecule has 0 amide bonds. The third kappa shape index (κ3) is 22.3. The summed E-state index contributed by atoms with van der Waals surface area (Å²) in [4.78, 5) is 56.0. The van der Waals surface area contributed by atoms with Gasteiger partial charge >= 0.3 is 23.9 Å². The molecule has 1 unspecified atom stereocenters. The molecule has 1 aromatic rings. The molecular weight excluding hydrogens is 1260 g/mol. The number of aliphatic hydroxyl groups is 8. The van der Waals surface area contributed by atoms with Crippen molar-refractivity contribution in [2.75, 3.05) is 6.61 Å². The Kier molecular flexibility index (Phi) is 33.1. The molecule has 6 fully saturated rings. The van der Waals surface area contributed by atoms with E-state index in [9.17, 15) is 60.0 Å². The first-order valence-corrected chi connectivity index (χ1v) is 35.5. The van der Waals surface area contributed by atoms with E-state index in [0.29, 0.717) is 50.5 Å². The third-order valence-corrected chi connectivity index (χ3v) is 19.1. The fraction of sp³-hybridized carbons (Fsp3) is 0.829. The maximum absolute atomic E-state index is 14.6. The molecule has 6 heterocycles. The van der Waals surface area contributed by atoms with Crippen LogP contribution in [0.15, 0.2) is 36.4 Å². The second-order valence-electron chi connectivity index (χ2n) is 26.8. The molecule has 548 valence electrons. The molecule has 27 atom stereocenters. The zero-order valence-corrected chi connectivity index (χ0v) is 57.3. The first-order chi connectivity index (χ1) is 46.1. The Balaban J connectivity index is 1.28. The van der Waals surface area contributed by atoms with Crippen molar-refractivity contribution in [3.8, 4) is 0 Å². The van der Waals surface area contributed by atoms with Gasteiger partial charge in [-0.1, -0.05) is 154 Å². The van der Waals surface area contributed by atoms with Crippen molar-refractivity contribution in [3.05, 3.63) is 42.0 Å². The van der Waals surface area contributed by atoms with Crippen LogP contribution in [0, 0.1) is 5.92 Å². The highest BCUT2D eigenvalue weighted by Gasteiger charge is 2.59. The van der Waals surface area contributed by atoms with Crippen molar-refractivity contribution in [1.29, 1.82) is 0 Å². The number of carbonyl (C=O) groups excluding carboxylic acids is 4. The van der Waals surface area contributed by atoms with Crippen LogP contribution in [-0.2, 0) is 85.5 Å².